The molecule has 1 aromatic heterocycles. The molecule has 0 unspecified atom stereocenters. The van der Waals surface area contributed by atoms with Crippen molar-refractivity contribution in [2.75, 3.05) is 0 Å². The highest BCUT2D eigenvalue weighted by Crippen LogP contribution is 2.25. The lowest BCUT2D eigenvalue weighted by Gasteiger charge is -1.99. The zero-order valence-corrected chi connectivity index (χ0v) is 7.85. The van der Waals surface area contributed by atoms with Crippen molar-refractivity contribution in [2.45, 2.75) is 6.92 Å². The summed E-state index contributed by atoms with van der Waals surface area (Å²) >= 11 is 5.93. The molecule has 2 rings (SSSR count). The van der Waals surface area contributed by atoms with Crippen LogP contribution in [-0.2, 0) is 0 Å². The summed E-state index contributed by atoms with van der Waals surface area (Å²) in [5.41, 5.74) is 1.54. The van der Waals surface area contributed by atoms with Crippen LogP contribution in [0.3, 0.4) is 0 Å². The van der Waals surface area contributed by atoms with E-state index in [1.807, 2.05) is 6.07 Å². The van der Waals surface area contributed by atoms with E-state index in [0.717, 1.165) is 10.9 Å². The number of H-pyrrole nitrogens is 1. The maximum Gasteiger partial charge on any atom is 0.160 e. The minimum Gasteiger partial charge on any atom is -0.360 e. The molecular weight excluding hydrogens is 186 g/mol. The maximum absolute atomic E-state index is 11.2. The van der Waals surface area contributed by atoms with Crippen molar-refractivity contribution in [2.24, 2.45) is 0 Å². The summed E-state index contributed by atoms with van der Waals surface area (Å²) in [5.74, 6) is 0.0567. The lowest BCUT2D eigenvalue weighted by atomic mass is 10.1. The molecule has 0 aliphatic rings. The van der Waals surface area contributed by atoms with E-state index in [4.69, 9.17) is 11.6 Å². The number of carbonyl (C=O) groups excluding carboxylic acids is 1. The highest BCUT2D eigenvalue weighted by atomic mass is 35.5. The van der Waals surface area contributed by atoms with Crippen molar-refractivity contribution in [3.8, 4) is 0 Å². The fourth-order valence-electron chi connectivity index (χ4n) is 1.43. The molecule has 2 nitrogen and oxygen atoms in total. The van der Waals surface area contributed by atoms with Crippen molar-refractivity contribution in [3.63, 3.8) is 0 Å². The van der Waals surface area contributed by atoms with Crippen LogP contribution in [0.25, 0.3) is 10.9 Å². The zero-order chi connectivity index (χ0) is 9.42. The van der Waals surface area contributed by atoms with Crippen molar-refractivity contribution < 1.29 is 4.79 Å². The molecule has 0 saturated carbocycles. The molecule has 13 heavy (non-hydrogen) atoms. The Bertz CT molecular complexity index is 473. The first-order chi connectivity index (χ1) is 6.20. The van der Waals surface area contributed by atoms with E-state index in [-0.39, 0.29) is 5.78 Å². The van der Waals surface area contributed by atoms with E-state index in [2.05, 4.69) is 4.98 Å². The number of carbonyl (C=O) groups is 1. The first kappa shape index (κ1) is 8.32. The summed E-state index contributed by atoms with van der Waals surface area (Å²) in [6, 6.07) is 5.34. The van der Waals surface area contributed by atoms with Gasteiger partial charge in [-0.1, -0.05) is 11.6 Å². The number of hydrogen-bond donors (Lipinski definition) is 1. The monoisotopic (exact) mass is 193 g/mol. The first-order valence-corrected chi connectivity index (χ1v) is 4.34. The lowest BCUT2D eigenvalue weighted by Crippen LogP contribution is -1.92. The number of aromatic amines is 1. The molecule has 1 N–H and O–H groups in total. The van der Waals surface area contributed by atoms with Crippen LogP contribution in [0, 0.1) is 0 Å². The van der Waals surface area contributed by atoms with Crippen molar-refractivity contribution in [3.05, 3.63) is 35.0 Å². The van der Waals surface area contributed by atoms with Gasteiger partial charge in [0.1, 0.15) is 0 Å². The molecule has 0 spiro atoms. The standard InChI is InChI=1S/C10H8ClNO/c1-6(13)7-2-3-9(11)10-8(7)4-5-12-10/h2-5,12H,1H3. The lowest BCUT2D eigenvalue weighted by molar-refractivity contribution is 0.101. The molecule has 0 fully saturated rings. The molecule has 0 bridgehead atoms. The highest BCUT2D eigenvalue weighted by Gasteiger charge is 2.08. The number of ketones is 1. The molecule has 2 aromatic rings. The van der Waals surface area contributed by atoms with Gasteiger partial charge in [0.25, 0.3) is 0 Å². The minimum atomic E-state index is 0.0567. The van der Waals surface area contributed by atoms with Crippen LogP contribution < -0.4 is 0 Å². The Balaban J connectivity index is 2.86. The van der Waals surface area contributed by atoms with E-state index in [1.54, 1.807) is 25.3 Å². The van der Waals surface area contributed by atoms with Crippen molar-refractivity contribution in [1.82, 2.24) is 4.98 Å². The summed E-state index contributed by atoms with van der Waals surface area (Å²) < 4.78 is 0. The van der Waals surface area contributed by atoms with Gasteiger partial charge < -0.3 is 4.98 Å². The largest absolute Gasteiger partial charge is 0.360 e. The predicted octanol–water partition coefficient (Wildman–Crippen LogP) is 3.02. The number of rotatable bonds is 1. The van der Waals surface area contributed by atoms with Crippen LogP contribution in [0.5, 0.6) is 0 Å². The average molecular weight is 194 g/mol. The topological polar surface area (TPSA) is 32.9 Å². The van der Waals surface area contributed by atoms with Gasteiger partial charge in [-0.3, -0.25) is 4.79 Å². The van der Waals surface area contributed by atoms with Gasteiger partial charge in [0.05, 0.1) is 10.5 Å². The fraction of sp³-hybridized carbons (Fsp3) is 0.100. The Kier molecular flexibility index (Phi) is 1.85. The van der Waals surface area contributed by atoms with Gasteiger partial charge in [0.2, 0.25) is 0 Å². The summed E-state index contributed by atoms with van der Waals surface area (Å²) in [4.78, 5) is 14.2. The van der Waals surface area contributed by atoms with E-state index in [9.17, 15) is 4.79 Å². The highest BCUT2D eigenvalue weighted by molar-refractivity contribution is 6.35. The Morgan fingerprint density at radius 3 is 2.85 bits per heavy atom. The Labute approximate surface area is 80.5 Å². The molecule has 1 heterocycles. The summed E-state index contributed by atoms with van der Waals surface area (Å²) in [7, 11) is 0. The summed E-state index contributed by atoms with van der Waals surface area (Å²) in [6.45, 7) is 1.55. The molecule has 0 radical (unpaired) electrons. The fourth-order valence-corrected chi connectivity index (χ4v) is 1.65. The number of Topliss-reactive ketones (excluding diaryl/α,β-unsaturated/α-hetero) is 1. The van der Waals surface area contributed by atoms with E-state index < -0.39 is 0 Å². The van der Waals surface area contributed by atoms with Gasteiger partial charge >= 0.3 is 0 Å². The predicted molar refractivity (Wildman–Crippen MR) is 53.3 cm³/mol. The van der Waals surface area contributed by atoms with Crippen LogP contribution in [0.2, 0.25) is 5.02 Å². The third kappa shape index (κ3) is 1.23. The zero-order valence-electron chi connectivity index (χ0n) is 7.10. The number of aromatic nitrogens is 1. The number of halogens is 1. The first-order valence-electron chi connectivity index (χ1n) is 3.96. The molecule has 0 atom stereocenters. The Morgan fingerprint density at radius 2 is 2.15 bits per heavy atom. The van der Waals surface area contributed by atoms with Gasteiger partial charge in [0.15, 0.2) is 5.78 Å². The Morgan fingerprint density at radius 1 is 1.38 bits per heavy atom. The molecule has 66 valence electrons. The second-order valence-corrected chi connectivity index (χ2v) is 3.32. The van der Waals surface area contributed by atoms with Crippen molar-refractivity contribution >= 4 is 28.3 Å². The molecule has 1 aromatic carbocycles. The smallest absolute Gasteiger partial charge is 0.160 e. The molecular formula is C10H8ClNO. The Hall–Kier alpha value is -1.28. The second kappa shape index (κ2) is 2.89. The molecule has 0 aliphatic heterocycles. The van der Waals surface area contributed by atoms with E-state index in [1.165, 1.54) is 0 Å². The average Bonchev–Trinajstić information content (AvgIpc) is 2.53. The van der Waals surface area contributed by atoms with E-state index in [0.29, 0.717) is 10.6 Å². The van der Waals surface area contributed by atoms with Crippen LogP contribution in [0.4, 0.5) is 0 Å². The number of benzene rings is 1. The van der Waals surface area contributed by atoms with Gasteiger partial charge in [-0.15, -0.1) is 0 Å². The van der Waals surface area contributed by atoms with Gasteiger partial charge in [0, 0.05) is 17.1 Å². The van der Waals surface area contributed by atoms with Gasteiger partial charge in [-0.25, -0.2) is 0 Å². The van der Waals surface area contributed by atoms with Crippen LogP contribution >= 0.6 is 11.6 Å². The number of nitrogens with one attached hydrogen (secondary N) is 1. The molecule has 0 saturated heterocycles. The number of fused-ring (bicyclic) bond motifs is 1. The normalized spacial score (nSPS) is 10.6. The van der Waals surface area contributed by atoms with Gasteiger partial charge in [-0.05, 0) is 25.1 Å². The minimum absolute atomic E-state index is 0.0567. The van der Waals surface area contributed by atoms with Crippen molar-refractivity contribution in [1.29, 1.82) is 0 Å². The molecule has 0 amide bonds. The third-order valence-corrected chi connectivity index (χ3v) is 2.37. The second-order valence-electron chi connectivity index (χ2n) is 2.92. The molecule has 0 aliphatic carbocycles. The van der Waals surface area contributed by atoms with Crippen LogP contribution in [0.15, 0.2) is 24.4 Å². The quantitative estimate of drug-likeness (QED) is 0.694. The number of hydrogen-bond acceptors (Lipinski definition) is 1. The summed E-state index contributed by atoms with van der Waals surface area (Å²) in [5, 5.41) is 1.53. The van der Waals surface area contributed by atoms with Crippen LogP contribution in [-0.4, -0.2) is 10.8 Å². The maximum atomic E-state index is 11.2. The van der Waals surface area contributed by atoms with Crippen LogP contribution in [0.1, 0.15) is 17.3 Å². The van der Waals surface area contributed by atoms with Gasteiger partial charge in [-0.2, -0.15) is 0 Å². The summed E-state index contributed by atoms with van der Waals surface area (Å²) in [6.07, 6.45) is 1.78. The molecule has 3 heteroatoms. The third-order valence-electron chi connectivity index (χ3n) is 2.05. The van der Waals surface area contributed by atoms with E-state index >= 15 is 0 Å². The SMILES string of the molecule is CC(=O)c1ccc(Cl)c2[nH]ccc12.